The van der Waals surface area contributed by atoms with Crippen LogP contribution in [0, 0.1) is 0 Å². The molecule has 5 aromatic rings. The van der Waals surface area contributed by atoms with Crippen LogP contribution >= 0.6 is 11.6 Å². The van der Waals surface area contributed by atoms with E-state index >= 15 is 0 Å². The number of pyridine rings is 1. The average molecular weight is 473 g/mol. The number of nitrogens with one attached hydrogen (secondary N) is 2. The van der Waals surface area contributed by atoms with Gasteiger partial charge in [-0.3, -0.25) is 10.1 Å². The molecule has 0 aliphatic carbocycles. The van der Waals surface area contributed by atoms with E-state index in [0.29, 0.717) is 28.9 Å². The second-order valence-electron chi connectivity index (χ2n) is 8.45. The number of aromatic amines is 1. The molecule has 0 radical (unpaired) electrons. The van der Waals surface area contributed by atoms with Crippen molar-refractivity contribution in [3.8, 4) is 11.1 Å². The summed E-state index contributed by atoms with van der Waals surface area (Å²) in [4.78, 5) is 27.1. The van der Waals surface area contributed by atoms with Crippen LogP contribution in [-0.2, 0) is 0 Å². The Hall–Kier alpha value is -3.88. The number of carbonyl (C=O) groups excluding carboxylic acids is 1. The highest BCUT2D eigenvalue weighted by Gasteiger charge is 2.21. The molecular weight excluding hydrogens is 452 g/mol. The molecule has 1 aliphatic rings. The van der Waals surface area contributed by atoms with Gasteiger partial charge in [0.05, 0.1) is 22.8 Å². The number of anilines is 2. The summed E-state index contributed by atoms with van der Waals surface area (Å²) in [5.41, 5.74) is 5.50. The standard InChI is InChI=1S/C25H21ClN6O2/c26-17-3-1-2-15(10-17)16-4-6-20-21(11-16)29-25(28-20)30-24(34)22-14-32-12-18(5-7-23(32)27-22)31-9-8-19(33)13-31/h1-7,10-12,14,19,33H,8-9,13H2,(H2,28,29,30,34)/t19-/m0/s1. The summed E-state index contributed by atoms with van der Waals surface area (Å²) in [7, 11) is 0. The minimum atomic E-state index is -0.351. The number of fused-ring (bicyclic) bond motifs is 2. The predicted molar refractivity (Wildman–Crippen MR) is 133 cm³/mol. The second kappa shape index (κ2) is 8.16. The fraction of sp³-hybridized carbons (Fsp3) is 0.160. The lowest BCUT2D eigenvalue weighted by Crippen LogP contribution is -2.21. The molecule has 4 heterocycles. The SMILES string of the molecule is O=C(Nc1nc2ccc(-c3cccc(Cl)c3)cc2[nH]1)c1cn2cc(N3CC[C@H](O)C3)ccc2n1. The molecule has 8 nitrogen and oxygen atoms in total. The summed E-state index contributed by atoms with van der Waals surface area (Å²) in [5, 5.41) is 13.3. The zero-order valence-electron chi connectivity index (χ0n) is 18.1. The summed E-state index contributed by atoms with van der Waals surface area (Å²) in [6, 6.07) is 17.3. The number of benzene rings is 2. The van der Waals surface area contributed by atoms with Crippen molar-refractivity contribution in [2.75, 3.05) is 23.3 Å². The van der Waals surface area contributed by atoms with E-state index in [9.17, 15) is 9.90 Å². The summed E-state index contributed by atoms with van der Waals surface area (Å²) in [6.45, 7) is 1.42. The number of aliphatic hydroxyl groups excluding tert-OH is 1. The number of nitrogens with zero attached hydrogens (tertiary/aromatic N) is 4. The normalized spacial score (nSPS) is 15.9. The molecule has 0 saturated carbocycles. The number of hydrogen-bond acceptors (Lipinski definition) is 5. The number of amides is 1. The van der Waals surface area contributed by atoms with Crippen LogP contribution in [0.2, 0.25) is 5.02 Å². The van der Waals surface area contributed by atoms with Gasteiger partial charge >= 0.3 is 0 Å². The number of aromatic nitrogens is 4. The maximum atomic E-state index is 12.9. The summed E-state index contributed by atoms with van der Waals surface area (Å²) < 4.78 is 1.82. The first-order valence-corrected chi connectivity index (χ1v) is 11.4. The van der Waals surface area contributed by atoms with E-state index < -0.39 is 0 Å². The highest BCUT2D eigenvalue weighted by atomic mass is 35.5. The van der Waals surface area contributed by atoms with Crippen molar-refractivity contribution in [3.63, 3.8) is 0 Å². The van der Waals surface area contributed by atoms with Crippen LogP contribution in [-0.4, -0.2) is 49.6 Å². The molecule has 0 unspecified atom stereocenters. The third-order valence-electron chi connectivity index (χ3n) is 6.07. The molecule has 3 N–H and O–H groups in total. The topological polar surface area (TPSA) is 98.5 Å². The minimum Gasteiger partial charge on any atom is -0.391 e. The van der Waals surface area contributed by atoms with Crippen molar-refractivity contribution in [2.24, 2.45) is 0 Å². The lowest BCUT2D eigenvalue weighted by Gasteiger charge is -2.17. The van der Waals surface area contributed by atoms with Gasteiger partial charge in [0.2, 0.25) is 5.95 Å². The molecule has 1 aliphatic heterocycles. The number of H-pyrrole nitrogens is 1. The van der Waals surface area contributed by atoms with Crippen LogP contribution in [0.1, 0.15) is 16.9 Å². The monoisotopic (exact) mass is 472 g/mol. The van der Waals surface area contributed by atoms with E-state index in [1.165, 1.54) is 0 Å². The van der Waals surface area contributed by atoms with E-state index in [-0.39, 0.29) is 12.0 Å². The van der Waals surface area contributed by atoms with E-state index in [2.05, 4.69) is 25.2 Å². The van der Waals surface area contributed by atoms with Gasteiger partial charge in [-0.2, -0.15) is 0 Å². The Morgan fingerprint density at radius 1 is 1.09 bits per heavy atom. The van der Waals surface area contributed by atoms with Crippen molar-refractivity contribution in [3.05, 3.63) is 77.7 Å². The Bertz CT molecular complexity index is 1540. The van der Waals surface area contributed by atoms with Gasteiger partial charge in [-0.05, 0) is 53.9 Å². The maximum absolute atomic E-state index is 12.9. The number of rotatable bonds is 4. The van der Waals surface area contributed by atoms with Gasteiger partial charge in [0.15, 0.2) is 0 Å². The van der Waals surface area contributed by atoms with E-state index in [1.54, 1.807) is 6.20 Å². The molecule has 6 rings (SSSR count). The van der Waals surface area contributed by atoms with Crippen LogP contribution in [0.5, 0.6) is 0 Å². The van der Waals surface area contributed by atoms with Crippen molar-refractivity contribution < 1.29 is 9.90 Å². The molecule has 0 bridgehead atoms. The quantitative estimate of drug-likeness (QED) is 0.361. The zero-order chi connectivity index (χ0) is 23.2. The number of carbonyl (C=O) groups is 1. The Morgan fingerprint density at radius 2 is 1.97 bits per heavy atom. The third kappa shape index (κ3) is 3.87. The van der Waals surface area contributed by atoms with Crippen molar-refractivity contribution in [1.82, 2.24) is 19.4 Å². The highest BCUT2D eigenvalue weighted by molar-refractivity contribution is 6.30. The largest absolute Gasteiger partial charge is 0.391 e. The lowest BCUT2D eigenvalue weighted by atomic mass is 10.1. The number of β-amino-alcohol motifs (C(OH)–C–C–N with tert-alkyl or cyclic N) is 1. The second-order valence-corrected chi connectivity index (χ2v) is 8.89. The van der Waals surface area contributed by atoms with E-state index in [4.69, 9.17) is 11.6 Å². The van der Waals surface area contributed by atoms with Crippen molar-refractivity contribution in [1.29, 1.82) is 0 Å². The smallest absolute Gasteiger partial charge is 0.278 e. The van der Waals surface area contributed by atoms with E-state index in [0.717, 1.165) is 40.8 Å². The van der Waals surface area contributed by atoms with Crippen LogP contribution in [0.25, 0.3) is 27.8 Å². The first-order chi connectivity index (χ1) is 16.5. The molecular formula is C25H21ClN6O2. The first-order valence-electron chi connectivity index (χ1n) is 11.0. The van der Waals surface area contributed by atoms with Crippen LogP contribution in [0.4, 0.5) is 11.6 Å². The Morgan fingerprint density at radius 3 is 2.79 bits per heavy atom. The minimum absolute atomic E-state index is 0.290. The van der Waals surface area contributed by atoms with Gasteiger partial charge in [0, 0.05) is 30.5 Å². The molecule has 2 aromatic carbocycles. The molecule has 1 amide bonds. The molecule has 34 heavy (non-hydrogen) atoms. The van der Waals surface area contributed by atoms with E-state index in [1.807, 2.05) is 65.2 Å². The Balaban J connectivity index is 1.23. The third-order valence-corrected chi connectivity index (χ3v) is 6.30. The van der Waals surface area contributed by atoms with Gasteiger partial charge in [-0.1, -0.05) is 29.8 Å². The summed E-state index contributed by atoms with van der Waals surface area (Å²) in [6.07, 6.45) is 4.08. The molecule has 0 spiro atoms. The number of imidazole rings is 2. The number of halogens is 1. The van der Waals surface area contributed by atoms with Crippen molar-refractivity contribution in [2.45, 2.75) is 12.5 Å². The van der Waals surface area contributed by atoms with Gasteiger partial charge in [-0.25, -0.2) is 9.97 Å². The van der Waals surface area contributed by atoms with Crippen molar-refractivity contribution >= 4 is 45.8 Å². The van der Waals surface area contributed by atoms with Crippen LogP contribution in [0.3, 0.4) is 0 Å². The first kappa shape index (κ1) is 20.7. The average Bonchev–Trinajstić information content (AvgIpc) is 3.55. The van der Waals surface area contributed by atoms with Gasteiger partial charge in [0.25, 0.3) is 5.91 Å². The Labute approximate surface area is 199 Å². The fourth-order valence-electron chi connectivity index (χ4n) is 4.34. The molecule has 1 fully saturated rings. The number of hydrogen-bond donors (Lipinski definition) is 3. The molecule has 3 aromatic heterocycles. The zero-order valence-corrected chi connectivity index (χ0v) is 18.8. The van der Waals surface area contributed by atoms with Crippen LogP contribution < -0.4 is 10.2 Å². The van der Waals surface area contributed by atoms with Gasteiger partial charge < -0.3 is 19.4 Å². The summed E-state index contributed by atoms with van der Waals surface area (Å²) in [5.74, 6) is 0.00279. The van der Waals surface area contributed by atoms with Gasteiger partial charge in [0.1, 0.15) is 11.3 Å². The molecule has 1 atom stereocenters. The molecule has 170 valence electrons. The Kier molecular flexibility index (Phi) is 4.97. The maximum Gasteiger partial charge on any atom is 0.278 e. The lowest BCUT2D eigenvalue weighted by molar-refractivity contribution is 0.102. The van der Waals surface area contributed by atoms with Gasteiger partial charge in [-0.15, -0.1) is 0 Å². The highest BCUT2D eigenvalue weighted by Crippen LogP contribution is 2.26. The predicted octanol–water partition coefficient (Wildman–Crippen LogP) is 4.35. The fourth-order valence-corrected chi connectivity index (χ4v) is 4.53. The molecule has 9 heteroatoms. The number of aliphatic hydroxyl groups is 1. The molecule has 1 saturated heterocycles. The van der Waals surface area contributed by atoms with Crippen LogP contribution in [0.15, 0.2) is 67.0 Å². The summed E-state index contributed by atoms with van der Waals surface area (Å²) >= 11 is 6.12.